The largest absolute Gasteiger partial charge is 0.377 e. The van der Waals surface area contributed by atoms with Crippen LogP contribution in [0.2, 0.25) is 0 Å². The molecule has 0 spiro atoms. The predicted octanol–water partition coefficient (Wildman–Crippen LogP) is 2.08. The first kappa shape index (κ1) is 11.7. The molecule has 1 aromatic carbocycles. The molecule has 18 heavy (non-hydrogen) atoms. The number of rotatable bonds is 2. The minimum atomic E-state index is -0.441. The van der Waals surface area contributed by atoms with Gasteiger partial charge in [-0.1, -0.05) is 12.1 Å². The van der Waals surface area contributed by atoms with Crippen LogP contribution in [-0.2, 0) is 4.74 Å². The van der Waals surface area contributed by atoms with E-state index in [0.29, 0.717) is 25.7 Å². The maximum absolute atomic E-state index is 13.7. The van der Waals surface area contributed by atoms with Crippen LogP contribution in [0.25, 0.3) is 0 Å². The SMILES string of the molecule is O=C(c1ccccc1F)N1CCOCC1C1CC1. The van der Waals surface area contributed by atoms with Crippen molar-refractivity contribution in [3.8, 4) is 0 Å². The number of ether oxygens (including phenoxy) is 1. The summed E-state index contributed by atoms with van der Waals surface area (Å²) in [4.78, 5) is 14.2. The van der Waals surface area contributed by atoms with Gasteiger partial charge in [-0.05, 0) is 30.9 Å². The lowest BCUT2D eigenvalue weighted by atomic mass is 10.1. The van der Waals surface area contributed by atoms with E-state index in [1.807, 2.05) is 0 Å². The Kier molecular flexibility index (Phi) is 3.04. The Labute approximate surface area is 106 Å². The summed E-state index contributed by atoms with van der Waals surface area (Å²) in [6, 6.07) is 6.31. The van der Waals surface area contributed by atoms with Crippen LogP contribution < -0.4 is 0 Å². The Morgan fingerprint density at radius 3 is 2.83 bits per heavy atom. The average molecular weight is 249 g/mol. The molecule has 0 aromatic heterocycles. The second kappa shape index (κ2) is 4.69. The lowest BCUT2D eigenvalue weighted by Gasteiger charge is -2.36. The highest BCUT2D eigenvalue weighted by Gasteiger charge is 2.39. The maximum Gasteiger partial charge on any atom is 0.257 e. The number of amides is 1. The van der Waals surface area contributed by atoms with Gasteiger partial charge in [-0.25, -0.2) is 4.39 Å². The van der Waals surface area contributed by atoms with Crippen molar-refractivity contribution in [2.45, 2.75) is 18.9 Å². The number of nitrogens with zero attached hydrogens (tertiary/aromatic N) is 1. The molecule has 1 saturated carbocycles. The van der Waals surface area contributed by atoms with E-state index in [1.165, 1.54) is 6.07 Å². The van der Waals surface area contributed by atoms with E-state index in [1.54, 1.807) is 23.1 Å². The van der Waals surface area contributed by atoms with Crippen LogP contribution in [0.3, 0.4) is 0 Å². The van der Waals surface area contributed by atoms with Crippen LogP contribution in [0.15, 0.2) is 24.3 Å². The first-order valence-electron chi connectivity index (χ1n) is 6.40. The number of morpholine rings is 1. The predicted molar refractivity (Wildman–Crippen MR) is 64.8 cm³/mol. The Balaban J connectivity index is 1.84. The molecule has 1 aromatic rings. The van der Waals surface area contributed by atoms with Gasteiger partial charge in [0, 0.05) is 6.54 Å². The molecular weight excluding hydrogens is 233 g/mol. The fourth-order valence-corrected chi connectivity index (χ4v) is 2.54. The second-order valence-electron chi connectivity index (χ2n) is 4.96. The summed E-state index contributed by atoms with van der Waals surface area (Å²) in [5.41, 5.74) is 0.171. The van der Waals surface area contributed by atoms with Crippen molar-refractivity contribution in [1.29, 1.82) is 0 Å². The van der Waals surface area contributed by atoms with Gasteiger partial charge >= 0.3 is 0 Å². The number of carbonyl (C=O) groups excluding carboxylic acids is 1. The standard InChI is InChI=1S/C14H16FNO2/c15-12-4-2-1-3-11(12)14(17)16-7-8-18-9-13(16)10-5-6-10/h1-4,10,13H,5-9H2. The molecule has 1 amide bonds. The highest BCUT2D eigenvalue weighted by molar-refractivity contribution is 5.94. The molecule has 4 heteroatoms. The van der Waals surface area contributed by atoms with Gasteiger partial charge in [-0.15, -0.1) is 0 Å². The summed E-state index contributed by atoms with van der Waals surface area (Å²) < 4.78 is 19.1. The van der Waals surface area contributed by atoms with E-state index in [9.17, 15) is 9.18 Å². The first-order valence-corrected chi connectivity index (χ1v) is 6.40. The highest BCUT2D eigenvalue weighted by atomic mass is 19.1. The molecular formula is C14H16FNO2. The van der Waals surface area contributed by atoms with Crippen LogP contribution in [0.1, 0.15) is 23.2 Å². The van der Waals surface area contributed by atoms with E-state index < -0.39 is 5.82 Å². The van der Waals surface area contributed by atoms with Gasteiger partial charge in [-0.2, -0.15) is 0 Å². The number of hydrogen-bond acceptors (Lipinski definition) is 2. The summed E-state index contributed by atoms with van der Waals surface area (Å²) in [7, 11) is 0. The molecule has 96 valence electrons. The number of benzene rings is 1. The van der Waals surface area contributed by atoms with Gasteiger partial charge in [-0.3, -0.25) is 4.79 Å². The topological polar surface area (TPSA) is 29.5 Å². The van der Waals surface area contributed by atoms with E-state index in [2.05, 4.69) is 0 Å². The van der Waals surface area contributed by atoms with Crippen LogP contribution in [0.4, 0.5) is 4.39 Å². The number of carbonyl (C=O) groups is 1. The van der Waals surface area contributed by atoms with Gasteiger partial charge in [0.25, 0.3) is 5.91 Å². The van der Waals surface area contributed by atoms with E-state index in [0.717, 1.165) is 12.8 Å². The monoisotopic (exact) mass is 249 g/mol. The number of hydrogen-bond donors (Lipinski definition) is 0. The van der Waals surface area contributed by atoms with Crippen molar-refractivity contribution in [3.63, 3.8) is 0 Å². The highest BCUT2D eigenvalue weighted by Crippen LogP contribution is 2.37. The lowest BCUT2D eigenvalue weighted by Crippen LogP contribution is -2.50. The van der Waals surface area contributed by atoms with Crippen molar-refractivity contribution in [3.05, 3.63) is 35.6 Å². The third kappa shape index (κ3) is 2.12. The second-order valence-corrected chi connectivity index (χ2v) is 4.96. The molecule has 1 aliphatic heterocycles. The van der Waals surface area contributed by atoms with Crippen LogP contribution in [0.5, 0.6) is 0 Å². The quantitative estimate of drug-likeness (QED) is 0.803. The third-order valence-electron chi connectivity index (χ3n) is 3.70. The molecule has 1 unspecified atom stereocenters. The molecule has 1 heterocycles. The molecule has 1 atom stereocenters. The molecule has 3 nitrogen and oxygen atoms in total. The van der Waals surface area contributed by atoms with Gasteiger partial charge in [0.1, 0.15) is 5.82 Å². The molecule has 1 saturated heterocycles. The fourth-order valence-electron chi connectivity index (χ4n) is 2.54. The van der Waals surface area contributed by atoms with Crippen molar-refractivity contribution < 1.29 is 13.9 Å². The zero-order valence-corrected chi connectivity index (χ0v) is 10.1. The third-order valence-corrected chi connectivity index (χ3v) is 3.70. The van der Waals surface area contributed by atoms with Crippen molar-refractivity contribution in [2.24, 2.45) is 5.92 Å². The molecule has 2 aliphatic rings. The van der Waals surface area contributed by atoms with Crippen molar-refractivity contribution in [1.82, 2.24) is 4.90 Å². The summed E-state index contributed by atoms with van der Waals surface area (Å²) in [5, 5.41) is 0. The minimum absolute atomic E-state index is 0.130. The Hall–Kier alpha value is -1.42. The van der Waals surface area contributed by atoms with E-state index in [4.69, 9.17) is 4.74 Å². The Morgan fingerprint density at radius 1 is 1.33 bits per heavy atom. The zero-order chi connectivity index (χ0) is 12.5. The molecule has 2 fully saturated rings. The van der Waals surface area contributed by atoms with Gasteiger partial charge in [0.05, 0.1) is 24.8 Å². The summed E-state index contributed by atoms with van der Waals surface area (Å²) >= 11 is 0. The smallest absolute Gasteiger partial charge is 0.257 e. The fraction of sp³-hybridized carbons (Fsp3) is 0.500. The Bertz CT molecular complexity index is 459. The molecule has 0 radical (unpaired) electrons. The van der Waals surface area contributed by atoms with Crippen LogP contribution >= 0.6 is 0 Å². The average Bonchev–Trinajstić information content (AvgIpc) is 3.23. The zero-order valence-electron chi connectivity index (χ0n) is 10.1. The molecule has 0 bridgehead atoms. The minimum Gasteiger partial charge on any atom is -0.377 e. The molecule has 1 aliphatic carbocycles. The van der Waals surface area contributed by atoms with Crippen LogP contribution in [-0.4, -0.2) is 36.6 Å². The van der Waals surface area contributed by atoms with Gasteiger partial charge < -0.3 is 9.64 Å². The van der Waals surface area contributed by atoms with Crippen molar-refractivity contribution in [2.75, 3.05) is 19.8 Å². The van der Waals surface area contributed by atoms with E-state index >= 15 is 0 Å². The number of halogens is 1. The maximum atomic E-state index is 13.7. The summed E-state index contributed by atoms with van der Waals surface area (Å²) in [6.07, 6.45) is 2.30. The van der Waals surface area contributed by atoms with Gasteiger partial charge in [0.2, 0.25) is 0 Å². The normalized spacial score (nSPS) is 24.1. The van der Waals surface area contributed by atoms with Crippen molar-refractivity contribution >= 4 is 5.91 Å². The Morgan fingerprint density at radius 2 is 2.11 bits per heavy atom. The lowest BCUT2D eigenvalue weighted by molar-refractivity contribution is -0.00856. The van der Waals surface area contributed by atoms with Crippen LogP contribution in [0, 0.1) is 11.7 Å². The molecule has 3 rings (SSSR count). The summed E-state index contributed by atoms with van der Waals surface area (Å²) in [6.45, 7) is 1.70. The van der Waals surface area contributed by atoms with Gasteiger partial charge in [0.15, 0.2) is 0 Å². The summed E-state index contributed by atoms with van der Waals surface area (Å²) in [5.74, 6) is -0.0992. The first-order chi connectivity index (χ1) is 8.77. The molecule has 0 N–H and O–H groups in total. The van der Waals surface area contributed by atoms with E-state index in [-0.39, 0.29) is 17.5 Å².